The Morgan fingerprint density at radius 1 is 0.300 bits per heavy atom. The average Bonchev–Trinajstić information content (AvgIpc) is 0.890. The minimum absolute atomic E-state index is 0.0628. The summed E-state index contributed by atoms with van der Waals surface area (Å²) in [5.41, 5.74) is 0.449. The van der Waals surface area contributed by atoms with E-state index in [4.69, 9.17) is 18.9 Å². The highest BCUT2D eigenvalue weighted by Crippen LogP contribution is 2.62. The maximum absolute atomic E-state index is 13.5. The van der Waals surface area contributed by atoms with Crippen LogP contribution in [-0.4, -0.2) is 69.9 Å². The summed E-state index contributed by atoms with van der Waals surface area (Å²) in [5.74, 6) is 17.2. The molecule has 0 aromatic heterocycles. The quantitative estimate of drug-likeness (QED) is 0.0516. The molecular weight excluding hydrogens is 1310 g/mol. The molecule has 0 unspecified atom stereocenters. The van der Waals surface area contributed by atoms with Gasteiger partial charge in [0.05, 0.1) is 10.8 Å². The molecule has 4 saturated heterocycles. The number of hydrogen-bond acceptors (Lipinski definition) is 8. The van der Waals surface area contributed by atoms with Crippen molar-refractivity contribution >= 4 is 111 Å². The second-order valence-corrected chi connectivity index (χ2v) is 40.1. The van der Waals surface area contributed by atoms with E-state index in [0.29, 0.717) is 66.2 Å². The summed E-state index contributed by atoms with van der Waals surface area (Å²) in [6, 6.07) is 50.4. The molecule has 12 heteroatoms. The highest BCUT2D eigenvalue weighted by molar-refractivity contribution is 7.98. The van der Waals surface area contributed by atoms with Crippen LogP contribution in [0, 0.1) is 46.3 Å². The maximum atomic E-state index is 13.5. The van der Waals surface area contributed by atoms with Crippen LogP contribution in [0.15, 0.2) is 189 Å². The zero-order chi connectivity index (χ0) is 68.5. The second kappa shape index (κ2) is 30.5. The SMILES string of the molecule is C=C(C)C(=O)Oc1ccc([S+]2CCCC2)c2ccccc12.C=C(C)C(=O)Oc1ccc([S+]2CCCCC2)c2ccccc12.O=C(Oc1ccc([S+]2CCCC2)c2ccccc12)C12CC3CC(CC(C3)C1)C2.O=C(Oc1ccc([S+]2CCCCC2)c2ccccc12)C12CC3CC(CC(C3)C1)C2. The maximum Gasteiger partial charge on any atom is 0.338 e. The van der Waals surface area contributed by atoms with E-state index in [0.717, 1.165) is 107 Å². The Kier molecular flexibility index (Phi) is 21.1. The van der Waals surface area contributed by atoms with Gasteiger partial charge in [-0.25, -0.2) is 9.59 Å². The van der Waals surface area contributed by atoms with Gasteiger partial charge in [0.1, 0.15) is 69.0 Å². The summed E-state index contributed by atoms with van der Waals surface area (Å²) >= 11 is 0. The molecule has 4 aliphatic heterocycles. The average molecular weight is 1410 g/mol. The van der Waals surface area contributed by atoms with Crippen molar-refractivity contribution in [3.8, 4) is 23.0 Å². The van der Waals surface area contributed by atoms with Crippen molar-refractivity contribution in [3.63, 3.8) is 0 Å². The van der Waals surface area contributed by atoms with Crippen molar-refractivity contribution in [2.24, 2.45) is 46.3 Å². The van der Waals surface area contributed by atoms with Gasteiger partial charge in [-0.1, -0.05) is 86.0 Å². The molecule has 8 aliphatic carbocycles. The van der Waals surface area contributed by atoms with Gasteiger partial charge in [-0.05, 0) is 263 Å². The van der Waals surface area contributed by atoms with Crippen molar-refractivity contribution in [1.82, 2.24) is 0 Å². The van der Waals surface area contributed by atoms with E-state index in [-0.39, 0.29) is 34.7 Å². The number of fused-ring (bicyclic) bond motifs is 4. The first kappa shape index (κ1) is 69.3. The van der Waals surface area contributed by atoms with Crippen LogP contribution in [0.25, 0.3) is 43.1 Å². The first-order chi connectivity index (χ1) is 48.7. The van der Waals surface area contributed by atoms with Gasteiger partial charge in [0.15, 0.2) is 19.6 Å². The third-order valence-electron chi connectivity index (χ3n) is 23.7. The summed E-state index contributed by atoms with van der Waals surface area (Å²) in [4.78, 5) is 56.3. The molecule has 8 aromatic carbocycles. The molecule has 4 heterocycles. The fourth-order valence-corrected chi connectivity index (χ4v) is 29.7. The molecule has 8 nitrogen and oxygen atoms in total. The Balaban J connectivity index is 0.000000109. The number of hydrogen-bond donors (Lipinski definition) is 0. The van der Waals surface area contributed by atoms with E-state index in [1.54, 1.807) is 13.8 Å². The lowest BCUT2D eigenvalue weighted by Gasteiger charge is -2.55. The minimum Gasteiger partial charge on any atom is -0.425 e. The van der Waals surface area contributed by atoms with Crippen LogP contribution in [0.2, 0.25) is 0 Å². The Bertz CT molecular complexity index is 4320. The molecule has 520 valence electrons. The normalized spacial score (nSPS) is 26.1. The lowest BCUT2D eigenvalue weighted by molar-refractivity contribution is -0.162. The van der Waals surface area contributed by atoms with Crippen molar-refractivity contribution < 1.29 is 38.1 Å². The number of carbonyl (C=O) groups is 4. The highest BCUT2D eigenvalue weighted by atomic mass is 32.2. The highest BCUT2D eigenvalue weighted by Gasteiger charge is 2.57. The number of ether oxygens (including phenoxy) is 4. The van der Waals surface area contributed by atoms with E-state index >= 15 is 0 Å². The topological polar surface area (TPSA) is 105 Å². The molecule has 0 atom stereocenters. The first-order valence-electron chi connectivity index (χ1n) is 37.7. The van der Waals surface area contributed by atoms with Gasteiger partial charge < -0.3 is 18.9 Å². The third kappa shape index (κ3) is 14.8. The van der Waals surface area contributed by atoms with Crippen LogP contribution >= 0.6 is 0 Å². The summed E-state index contributed by atoms with van der Waals surface area (Å²) in [7, 11) is 1.39. The van der Waals surface area contributed by atoms with Crippen LogP contribution in [-0.2, 0) is 62.8 Å². The van der Waals surface area contributed by atoms with Crippen molar-refractivity contribution in [2.75, 3.05) is 46.0 Å². The van der Waals surface area contributed by atoms with E-state index in [1.165, 1.54) is 190 Å². The Morgan fingerprint density at radius 3 is 0.740 bits per heavy atom. The molecule has 8 aromatic rings. The lowest BCUT2D eigenvalue weighted by Crippen LogP contribution is -2.51. The summed E-state index contributed by atoms with van der Waals surface area (Å²) in [5, 5.41) is 9.32. The zero-order valence-corrected chi connectivity index (χ0v) is 62.1. The van der Waals surface area contributed by atoms with E-state index in [1.807, 2.05) is 36.4 Å². The van der Waals surface area contributed by atoms with Crippen molar-refractivity contribution in [2.45, 2.75) is 175 Å². The molecule has 0 amide bonds. The van der Waals surface area contributed by atoms with E-state index in [2.05, 4.69) is 122 Å². The fourth-order valence-electron chi connectivity index (χ4n) is 19.7. The molecule has 12 fully saturated rings. The number of esters is 4. The summed E-state index contributed by atoms with van der Waals surface area (Å²) in [6.07, 6.45) is 27.9. The van der Waals surface area contributed by atoms with Gasteiger partial charge in [0.2, 0.25) is 0 Å². The molecule has 0 radical (unpaired) electrons. The Labute approximate surface area is 604 Å². The van der Waals surface area contributed by atoms with Crippen LogP contribution in [0.4, 0.5) is 0 Å². The van der Waals surface area contributed by atoms with Gasteiger partial charge in [-0.2, -0.15) is 0 Å². The van der Waals surface area contributed by atoms with Gasteiger partial charge in [-0.15, -0.1) is 0 Å². The van der Waals surface area contributed by atoms with Crippen LogP contribution in [0.3, 0.4) is 0 Å². The molecule has 0 spiro atoms. The predicted octanol–water partition coefficient (Wildman–Crippen LogP) is 20.4. The van der Waals surface area contributed by atoms with Crippen molar-refractivity contribution in [3.05, 3.63) is 170 Å². The van der Waals surface area contributed by atoms with E-state index < -0.39 is 0 Å². The van der Waals surface area contributed by atoms with Crippen LogP contribution in [0.1, 0.15) is 155 Å². The molecule has 12 aliphatic rings. The van der Waals surface area contributed by atoms with Crippen LogP contribution < -0.4 is 18.9 Å². The molecule has 20 rings (SSSR count). The molecule has 8 bridgehead atoms. The number of benzene rings is 8. The molecule has 8 saturated carbocycles. The van der Waals surface area contributed by atoms with Gasteiger partial charge in [0.25, 0.3) is 0 Å². The van der Waals surface area contributed by atoms with Gasteiger partial charge >= 0.3 is 23.9 Å². The smallest absolute Gasteiger partial charge is 0.338 e. The monoisotopic (exact) mass is 1410 g/mol. The van der Waals surface area contributed by atoms with E-state index in [9.17, 15) is 19.2 Å². The number of carbonyl (C=O) groups excluding carboxylic acids is 4. The van der Waals surface area contributed by atoms with Crippen molar-refractivity contribution in [1.29, 1.82) is 0 Å². The second-order valence-electron chi connectivity index (χ2n) is 31.1. The molecule has 100 heavy (non-hydrogen) atoms. The largest absolute Gasteiger partial charge is 0.425 e. The third-order valence-corrected chi connectivity index (χ3v) is 33.9. The van der Waals surface area contributed by atoms with Gasteiger partial charge in [-0.3, -0.25) is 9.59 Å². The number of rotatable bonds is 12. The lowest BCUT2D eigenvalue weighted by atomic mass is 9.49. The summed E-state index contributed by atoms with van der Waals surface area (Å²) < 4.78 is 23.4. The predicted molar refractivity (Wildman–Crippen MR) is 417 cm³/mol. The minimum atomic E-state index is -0.365. The van der Waals surface area contributed by atoms with Gasteiger partial charge in [0, 0.05) is 97.8 Å². The summed E-state index contributed by atoms with van der Waals surface area (Å²) in [6.45, 7) is 10.6. The Morgan fingerprint density at radius 2 is 0.510 bits per heavy atom. The molecule has 0 N–H and O–H groups in total. The standard InChI is InChI=1S/C26H31O2S.C25H29O2S.C19H21O2S.C18H19O2S/c27-25(26-15-18-12-19(16-26)14-20(13-18)17-26)28-23-8-9-24(29-10-4-1-5-11-29)22-7-3-2-6-21(22)23;26-24(25-14-17-11-18(15-25)13-19(12-17)16-25)27-22-7-8-23(28-9-3-4-10-28)21-6-2-1-5-20(21)22;1-14(2)19(20)21-17-10-11-18(22-12-6-3-7-13-22)16-9-5-4-8-15(16)17;1-13(2)18(19)20-16-9-10-17(21-11-5-6-12-21)15-8-4-3-7-14(15)16/h2-3,6-9,18-20H,1,4-5,10-17H2;1-2,5-8,17-19H,3-4,9-16H2;4-5,8-11H,1,3,6-7,12-13H2,2H3;3-4,7-10H,1,5-6,11-12H2,2H3/q4*+1. The Hall–Kier alpha value is -6.44. The zero-order valence-electron chi connectivity index (χ0n) is 58.8. The van der Waals surface area contributed by atoms with Crippen LogP contribution in [0.5, 0.6) is 23.0 Å². The fraction of sp³-hybridized carbons (Fsp3) is 0.455. The first-order valence-corrected chi connectivity index (χ1v) is 44.0. The molecular formula is C88H100O8S4+4.